The number of aromatic nitrogens is 1. The third-order valence-electron chi connectivity index (χ3n) is 4.74. The molecular formula is C17H17F7N4. The second kappa shape index (κ2) is 7.36. The van der Waals surface area contributed by atoms with E-state index in [0.29, 0.717) is 25.0 Å². The molecule has 2 aliphatic rings. The van der Waals surface area contributed by atoms with E-state index in [1.807, 2.05) is 6.07 Å². The van der Waals surface area contributed by atoms with Crippen LogP contribution >= 0.6 is 0 Å². The largest absolute Gasteiger partial charge is 0.435 e. The van der Waals surface area contributed by atoms with Crippen molar-refractivity contribution in [2.75, 3.05) is 13.2 Å². The van der Waals surface area contributed by atoms with Gasteiger partial charge in [-0.2, -0.15) is 26.3 Å². The van der Waals surface area contributed by atoms with Crippen LogP contribution < -0.4 is 10.7 Å². The van der Waals surface area contributed by atoms with Crippen LogP contribution in [0.3, 0.4) is 0 Å². The second-order valence-electron chi connectivity index (χ2n) is 6.62. The molecule has 0 amide bonds. The predicted octanol–water partition coefficient (Wildman–Crippen LogP) is 3.61. The predicted molar refractivity (Wildman–Crippen MR) is 86.0 cm³/mol. The van der Waals surface area contributed by atoms with E-state index < -0.39 is 35.9 Å². The lowest BCUT2D eigenvalue weighted by atomic mass is 9.81. The summed E-state index contributed by atoms with van der Waals surface area (Å²) in [6.07, 6.45) is -7.98. The maximum Gasteiger partial charge on any atom is 0.435 e. The Balaban J connectivity index is 1.72. The van der Waals surface area contributed by atoms with E-state index in [9.17, 15) is 30.7 Å². The summed E-state index contributed by atoms with van der Waals surface area (Å²) in [7, 11) is 0. The second-order valence-corrected chi connectivity index (χ2v) is 6.62. The highest BCUT2D eigenvalue weighted by Gasteiger charge is 2.74. The molecule has 1 aromatic rings. The first-order valence-electron chi connectivity index (χ1n) is 8.37. The van der Waals surface area contributed by atoms with Crippen LogP contribution in [-0.4, -0.2) is 41.2 Å². The topological polar surface area (TPSA) is 40.2 Å². The zero-order chi connectivity index (χ0) is 20.6. The molecular weight excluding hydrogens is 393 g/mol. The fourth-order valence-corrected chi connectivity index (χ4v) is 3.26. The van der Waals surface area contributed by atoms with E-state index in [2.05, 4.69) is 15.7 Å². The fourth-order valence-electron chi connectivity index (χ4n) is 3.26. The highest BCUT2D eigenvalue weighted by Crippen LogP contribution is 2.53. The molecule has 4 nitrogen and oxygen atoms in total. The van der Waals surface area contributed by atoms with Gasteiger partial charge in [0.25, 0.3) is 0 Å². The van der Waals surface area contributed by atoms with E-state index in [1.165, 1.54) is 0 Å². The molecule has 1 saturated heterocycles. The van der Waals surface area contributed by atoms with Crippen molar-refractivity contribution in [1.82, 2.24) is 20.7 Å². The average Bonchev–Trinajstić information content (AvgIpc) is 2.64. The summed E-state index contributed by atoms with van der Waals surface area (Å²) in [5.74, 6) is -0.727. The minimum atomic E-state index is -6.09. The van der Waals surface area contributed by atoms with E-state index >= 15 is 0 Å². The Morgan fingerprint density at radius 1 is 1.11 bits per heavy atom. The maximum absolute atomic E-state index is 14.3. The first kappa shape index (κ1) is 20.6. The number of halogens is 7. The van der Waals surface area contributed by atoms with Crippen LogP contribution in [0.1, 0.15) is 12.0 Å². The van der Waals surface area contributed by atoms with E-state index in [1.54, 1.807) is 23.5 Å². The van der Waals surface area contributed by atoms with Gasteiger partial charge in [-0.25, -0.2) is 14.8 Å². The van der Waals surface area contributed by atoms with Crippen molar-refractivity contribution in [2.45, 2.75) is 31.0 Å². The Morgan fingerprint density at radius 3 is 2.43 bits per heavy atom. The molecule has 11 heteroatoms. The van der Waals surface area contributed by atoms with Crippen LogP contribution in [0.5, 0.6) is 0 Å². The molecule has 0 bridgehead atoms. The number of nitrogens with one attached hydrogen (secondary N) is 2. The molecule has 0 aromatic carbocycles. The van der Waals surface area contributed by atoms with Gasteiger partial charge in [-0.1, -0.05) is 12.1 Å². The summed E-state index contributed by atoms with van der Waals surface area (Å²) in [4.78, 5) is 3.95. The summed E-state index contributed by atoms with van der Waals surface area (Å²) in [5, 5.41) is 4.56. The van der Waals surface area contributed by atoms with Gasteiger partial charge in [0.1, 0.15) is 0 Å². The SMILES string of the molecule is FC(F)(F)C(F)(C1=CC=C2NCN(NCc3cccnc3)CC2C1)C(F)(F)F. The molecule has 1 aliphatic carbocycles. The number of allylic oxidation sites excluding steroid dienone is 3. The first-order valence-corrected chi connectivity index (χ1v) is 8.37. The standard InChI is InChI=1S/C17H17F7N4/c18-15(16(19,20)21,17(22,23)24)13-3-4-14-12(6-13)9-28(10-26-14)27-8-11-2-1-5-25-7-11/h1-5,7,12,26-27H,6,8-10H2. The zero-order valence-electron chi connectivity index (χ0n) is 14.4. The van der Waals surface area contributed by atoms with Gasteiger partial charge >= 0.3 is 18.0 Å². The van der Waals surface area contributed by atoms with Gasteiger partial charge < -0.3 is 5.32 Å². The Labute approximate surface area is 156 Å². The Hall–Kier alpha value is -2.14. The number of alkyl halides is 7. The lowest BCUT2D eigenvalue weighted by Gasteiger charge is -2.40. The Bertz CT molecular complexity index is 741. The molecule has 1 aromatic heterocycles. The number of hydrogen-bond donors (Lipinski definition) is 2. The van der Waals surface area contributed by atoms with Crippen LogP contribution in [0.2, 0.25) is 0 Å². The smallest absolute Gasteiger partial charge is 0.374 e. The van der Waals surface area contributed by atoms with E-state index in [4.69, 9.17) is 0 Å². The maximum atomic E-state index is 14.3. The summed E-state index contributed by atoms with van der Waals surface area (Å²) < 4.78 is 92.3. The number of fused-ring (bicyclic) bond motifs is 1. The van der Waals surface area contributed by atoms with Crippen LogP contribution in [0.25, 0.3) is 0 Å². The highest BCUT2D eigenvalue weighted by molar-refractivity contribution is 5.35. The van der Waals surface area contributed by atoms with Crippen molar-refractivity contribution < 1.29 is 30.7 Å². The van der Waals surface area contributed by atoms with Crippen molar-refractivity contribution in [2.24, 2.45) is 5.92 Å². The minimum Gasteiger partial charge on any atom is -0.374 e. The molecule has 0 saturated carbocycles. The summed E-state index contributed by atoms with van der Waals surface area (Å²) >= 11 is 0. The summed E-state index contributed by atoms with van der Waals surface area (Å²) in [6.45, 7) is 0.801. The molecule has 1 unspecified atom stereocenters. The van der Waals surface area contributed by atoms with E-state index in [0.717, 1.165) is 11.6 Å². The summed E-state index contributed by atoms with van der Waals surface area (Å²) in [6, 6.07) is 3.55. The number of rotatable bonds is 4. The van der Waals surface area contributed by atoms with Crippen molar-refractivity contribution >= 4 is 0 Å². The average molecular weight is 410 g/mol. The molecule has 1 fully saturated rings. The lowest BCUT2D eigenvalue weighted by molar-refractivity contribution is -0.327. The van der Waals surface area contributed by atoms with Gasteiger partial charge in [-0.05, 0) is 29.7 Å². The van der Waals surface area contributed by atoms with Crippen LogP contribution in [0.15, 0.2) is 47.9 Å². The third kappa shape index (κ3) is 3.86. The lowest BCUT2D eigenvalue weighted by Crippen LogP contribution is -2.57. The Kier molecular flexibility index (Phi) is 5.41. The zero-order valence-corrected chi connectivity index (χ0v) is 14.4. The molecule has 3 rings (SSSR count). The molecule has 154 valence electrons. The molecule has 1 aliphatic heterocycles. The van der Waals surface area contributed by atoms with Crippen molar-refractivity contribution in [3.8, 4) is 0 Å². The molecule has 2 N–H and O–H groups in total. The van der Waals surface area contributed by atoms with Gasteiger partial charge in [-0.15, -0.1) is 0 Å². The monoisotopic (exact) mass is 410 g/mol. The molecule has 0 spiro atoms. The minimum absolute atomic E-state index is 0.127. The van der Waals surface area contributed by atoms with E-state index in [-0.39, 0.29) is 6.54 Å². The molecule has 0 radical (unpaired) electrons. The number of hydrogen-bond acceptors (Lipinski definition) is 4. The molecule has 2 heterocycles. The van der Waals surface area contributed by atoms with Crippen LogP contribution in [0.4, 0.5) is 30.7 Å². The number of nitrogens with zero attached hydrogens (tertiary/aromatic N) is 2. The quantitative estimate of drug-likeness (QED) is 0.745. The van der Waals surface area contributed by atoms with Crippen molar-refractivity contribution in [1.29, 1.82) is 0 Å². The van der Waals surface area contributed by atoms with Crippen LogP contribution in [0, 0.1) is 5.92 Å². The molecule has 1 atom stereocenters. The first-order chi connectivity index (χ1) is 13.0. The van der Waals surface area contributed by atoms with Crippen molar-refractivity contribution in [3.05, 3.63) is 53.5 Å². The third-order valence-corrected chi connectivity index (χ3v) is 4.74. The van der Waals surface area contributed by atoms with Crippen molar-refractivity contribution in [3.63, 3.8) is 0 Å². The van der Waals surface area contributed by atoms with Gasteiger partial charge in [0.15, 0.2) is 0 Å². The number of hydrazine groups is 1. The molecule has 28 heavy (non-hydrogen) atoms. The Morgan fingerprint density at radius 2 is 1.82 bits per heavy atom. The van der Waals surface area contributed by atoms with Gasteiger partial charge in [-0.3, -0.25) is 4.98 Å². The van der Waals surface area contributed by atoms with Crippen LogP contribution in [-0.2, 0) is 6.54 Å². The van der Waals surface area contributed by atoms with Gasteiger partial charge in [0, 0.05) is 37.1 Å². The van der Waals surface area contributed by atoms with Gasteiger partial charge in [0.2, 0.25) is 0 Å². The number of pyridine rings is 1. The highest BCUT2D eigenvalue weighted by atomic mass is 19.4. The van der Waals surface area contributed by atoms with Gasteiger partial charge in [0.05, 0.1) is 6.67 Å². The normalized spacial score (nSPS) is 21.5. The fraction of sp³-hybridized carbons (Fsp3) is 0.471. The summed E-state index contributed by atoms with van der Waals surface area (Å²) in [5.41, 5.74) is -2.34.